The molecule has 0 aromatic carbocycles. The topological polar surface area (TPSA) is 80.7 Å². The number of rotatable bonds is 4. The summed E-state index contributed by atoms with van der Waals surface area (Å²) in [5, 5.41) is 6.66. The number of nitrogens with one attached hydrogen (secondary N) is 1. The molecule has 1 rings (SSSR count). The van der Waals surface area contributed by atoms with E-state index in [0.717, 1.165) is 18.5 Å². The largest absolute Gasteiger partial charge is 0.394 e. The second kappa shape index (κ2) is 3.99. The van der Waals surface area contributed by atoms with Gasteiger partial charge in [-0.25, -0.2) is 0 Å². The molecule has 1 aromatic heterocycles. The van der Waals surface area contributed by atoms with E-state index in [1.54, 1.807) is 0 Å². The number of nitrogen functional groups attached to an aromatic ring is 2. The number of aromatic nitrogens is 2. The van der Waals surface area contributed by atoms with Crippen LogP contribution < -0.4 is 11.5 Å². The molecular formula is C8H16N4. The molecule has 4 heteroatoms. The summed E-state index contributed by atoms with van der Waals surface area (Å²) in [4.78, 5) is 0. The minimum atomic E-state index is 0.418. The standard InChI is InChI=1S/C8H16N4/c1-2-3-4-5-6-7(9)8(10)12-11-6/h2-5,9H2,1H3,(H3,10,11,12). The SMILES string of the molecule is CCCCCc1[nH]nc(N)c1N. The molecule has 1 heterocycles. The Bertz CT molecular complexity index is 241. The molecule has 5 N–H and O–H groups in total. The first-order chi connectivity index (χ1) is 5.75. The zero-order chi connectivity index (χ0) is 8.97. The molecule has 0 unspecified atom stereocenters. The summed E-state index contributed by atoms with van der Waals surface area (Å²) in [6, 6.07) is 0. The van der Waals surface area contributed by atoms with Crippen LogP contribution in [0.3, 0.4) is 0 Å². The van der Waals surface area contributed by atoms with Gasteiger partial charge in [0.1, 0.15) is 0 Å². The van der Waals surface area contributed by atoms with E-state index < -0.39 is 0 Å². The molecule has 0 aliphatic carbocycles. The maximum absolute atomic E-state index is 5.67. The quantitative estimate of drug-likeness (QED) is 0.593. The van der Waals surface area contributed by atoms with Gasteiger partial charge in [0.15, 0.2) is 5.82 Å². The number of hydrogen-bond donors (Lipinski definition) is 3. The number of unbranched alkanes of at least 4 members (excludes halogenated alkanes) is 2. The van der Waals surface area contributed by atoms with Gasteiger partial charge in [-0.2, -0.15) is 5.10 Å². The fourth-order valence-corrected chi connectivity index (χ4v) is 1.15. The van der Waals surface area contributed by atoms with Crippen molar-refractivity contribution in [1.29, 1.82) is 0 Å². The fourth-order valence-electron chi connectivity index (χ4n) is 1.15. The van der Waals surface area contributed by atoms with Gasteiger partial charge in [0.2, 0.25) is 0 Å². The molecule has 0 spiro atoms. The van der Waals surface area contributed by atoms with Gasteiger partial charge in [0.25, 0.3) is 0 Å². The van der Waals surface area contributed by atoms with Crippen LogP contribution in [-0.2, 0) is 6.42 Å². The molecule has 0 saturated carbocycles. The summed E-state index contributed by atoms with van der Waals surface area (Å²) in [6.45, 7) is 2.17. The molecule has 68 valence electrons. The molecule has 0 amide bonds. The zero-order valence-corrected chi connectivity index (χ0v) is 7.43. The first-order valence-corrected chi connectivity index (χ1v) is 4.34. The van der Waals surface area contributed by atoms with Gasteiger partial charge in [-0.15, -0.1) is 0 Å². The zero-order valence-electron chi connectivity index (χ0n) is 7.43. The lowest BCUT2D eigenvalue weighted by Gasteiger charge is -1.97. The Kier molecular flexibility index (Phi) is 2.96. The van der Waals surface area contributed by atoms with Crippen LogP contribution in [0.2, 0.25) is 0 Å². The highest BCUT2D eigenvalue weighted by molar-refractivity contribution is 5.61. The second-order valence-electron chi connectivity index (χ2n) is 2.96. The first-order valence-electron chi connectivity index (χ1n) is 4.34. The van der Waals surface area contributed by atoms with Crippen LogP contribution in [0.1, 0.15) is 31.9 Å². The minimum Gasteiger partial charge on any atom is -0.394 e. The van der Waals surface area contributed by atoms with E-state index in [9.17, 15) is 0 Å². The summed E-state index contributed by atoms with van der Waals surface area (Å²) < 4.78 is 0. The van der Waals surface area contributed by atoms with Crippen molar-refractivity contribution in [2.24, 2.45) is 0 Å². The van der Waals surface area contributed by atoms with Gasteiger partial charge < -0.3 is 11.5 Å². The lowest BCUT2D eigenvalue weighted by molar-refractivity contribution is 0.706. The van der Waals surface area contributed by atoms with Crippen molar-refractivity contribution >= 4 is 11.5 Å². The molecular weight excluding hydrogens is 152 g/mol. The Morgan fingerprint density at radius 2 is 2.08 bits per heavy atom. The fraction of sp³-hybridized carbons (Fsp3) is 0.625. The molecule has 12 heavy (non-hydrogen) atoms. The van der Waals surface area contributed by atoms with Gasteiger partial charge in [-0.3, -0.25) is 5.10 Å². The maximum atomic E-state index is 5.67. The van der Waals surface area contributed by atoms with Crippen LogP contribution in [0.15, 0.2) is 0 Å². The molecule has 0 bridgehead atoms. The highest BCUT2D eigenvalue weighted by Crippen LogP contribution is 2.17. The minimum absolute atomic E-state index is 0.418. The van der Waals surface area contributed by atoms with Gasteiger partial charge in [0, 0.05) is 0 Å². The number of aromatic amines is 1. The molecule has 0 saturated heterocycles. The van der Waals surface area contributed by atoms with E-state index in [2.05, 4.69) is 17.1 Å². The van der Waals surface area contributed by atoms with E-state index in [0.29, 0.717) is 11.5 Å². The van der Waals surface area contributed by atoms with Crippen molar-refractivity contribution in [2.45, 2.75) is 32.6 Å². The smallest absolute Gasteiger partial charge is 0.168 e. The number of aryl methyl sites for hydroxylation is 1. The predicted octanol–water partition coefficient (Wildman–Crippen LogP) is 1.31. The van der Waals surface area contributed by atoms with Crippen molar-refractivity contribution in [3.8, 4) is 0 Å². The monoisotopic (exact) mass is 168 g/mol. The van der Waals surface area contributed by atoms with E-state index in [-0.39, 0.29) is 0 Å². The first kappa shape index (κ1) is 8.90. The molecule has 4 nitrogen and oxygen atoms in total. The summed E-state index contributed by atoms with van der Waals surface area (Å²) in [5.41, 5.74) is 12.7. The molecule has 0 aliphatic rings. The highest BCUT2D eigenvalue weighted by atomic mass is 15.2. The van der Waals surface area contributed by atoms with Crippen LogP contribution in [0, 0.1) is 0 Å². The third-order valence-corrected chi connectivity index (χ3v) is 1.94. The molecule has 0 fully saturated rings. The van der Waals surface area contributed by atoms with Crippen LogP contribution in [0.4, 0.5) is 11.5 Å². The van der Waals surface area contributed by atoms with Gasteiger partial charge in [-0.1, -0.05) is 19.8 Å². The maximum Gasteiger partial charge on any atom is 0.168 e. The van der Waals surface area contributed by atoms with Crippen molar-refractivity contribution in [3.63, 3.8) is 0 Å². The molecule has 0 radical (unpaired) electrons. The van der Waals surface area contributed by atoms with E-state index in [4.69, 9.17) is 11.5 Å². The van der Waals surface area contributed by atoms with Crippen molar-refractivity contribution in [3.05, 3.63) is 5.69 Å². The highest BCUT2D eigenvalue weighted by Gasteiger charge is 2.05. The average molecular weight is 168 g/mol. The Labute approximate surface area is 72.3 Å². The summed E-state index contributed by atoms with van der Waals surface area (Å²) in [7, 11) is 0. The predicted molar refractivity (Wildman–Crippen MR) is 50.6 cm³/mol. The summed E-state index contributed by atoms with van der Waals surface area (Å²) in [6.07, 6.45) is 4.52. The number of H-pyrrole nitrogens is 1. The van der Waals surface area contributed by atoms with Crippen LogP contribution >= 0.6 is 0 Å². The van der Waals surface area contributed by atoms with Crippen LogP contribution in [0.25, 0.3) is 0 Å². The summed E-state index contributed by atoms with van der Waals surface area (Å²) in [5.74, 6) is 0.418. The Morgan fingerprint density at radius 1 is 1.33 bits per heavy atom. The van der Waals surface area contributed by atoms with Crippen LogP contribution in [-0.4, -0.2) is 10.2 Å². The molecule has 0 aliphatic heterocycles. The summed E-state index contributed by atoms with van der Waals surface area (Å²) >= 11 is 0. The number of nitrogens with zero attached hydrogens (tertiary/aromatic N) is 1. The average Bonchev–Trinajstić information content (AvgIpc) is 2.36. The van der Waals surface area contributed by atoms with Crippen LogP contribution in [0.5, 0.6) is 0 Å². The second-order valence-corrected chi connectivity index (χ2v) is 2.96. The van der Waals surface area contributed by atoms with Gasteiger partial charge in [-0.05, 0) is 12.8 Å². The lowest BCUT2D eigenvalue weighted by atomic mass is 10.1. The van der Waals surface area contributed by atoms with Crippen molar-refractivity contribution in [1.82, 2.24) is 10.2 Å². The Balaban J connectivity index is 2.46. The lowest BCUT2D eigenvalue weighted by Crippen LogP contribution is -1.95. The van der Waals surface area contributed by atoms with Crippen molar-refractivity contribution in [2.75, 3.05) is 11.5 Å². The normalized spacial score (nSPS) is 10.4. The van der Waals surface area contributed by atoms with Crippen molar-refractivity contribution < 1.29 is 0 Å². The Morgan fingerprint density at radius 3 is 2.58 bits per heavy atom. The third-order valence-electron chi connectivity index (χ3n) is 1.94. The van der Waals surface area contributed by atoms with Gasteiger partial charge in [0.05, 0.1) is 11.4 Å². The van der Waals surface area contributed by atoms with E-state index in [1.807, 2.05) is 0 Å². The Hall–Kier alpha value is -1.19. The molecule has 1 aromatic rings. The number of anilines is 2. The van der Waals surface area contributed by atoms with E-state index >= 15 is 0 Å². The van der Waals surface area contributed by atoms with E-state index in [1.165, 1.54) is 12.8 Å². The number of hydrogen-bond acceptors (Lipinski definition) is 3. The van der Waals surface area contributed by atoms with Gasteiger partial charge >= 0.3 is 0 Å². The molecule has 0 atom stereocenters. The third kappa shape index (κ3) is 1.90. The number of nitrogens with two attached hydrogens (primary N) is 2.